The summed E-state index contributed by atoms with van der Waals surface area (Å²) in [6, 6.07) is 9.05. The molecule has 1 aliphatic rings. The standard InChI is InChI=1S/C18H16FN3O6/c19-17-4-2-1-3-12(17)11-28-16-5-6-20(10-16)18(23)13-7-14(21(24)25)9-15(8-13)22(26)27/h1-4,7-9,16H,5-6,10-11H2/t16-/m1/s1. The summed E-state index contributed by atoms with van der Waals surface area (Å²) in [6.45, 7) is 0.600. The van der Waals surface area contributed by atoms with Crippen molar-refractivity contribution < 1.29 is 23.8 Å². The van der Waals surface area contributed by atoms with Crippen LogP contribution in [0.4, 0.5) is 15.8 Å². The second-order valence-corrected chi connectivity index (χ2v) is 6.32. The average Bonchev–Trinajstić information content (AvgIpc) is 3.15. The number of carbonyl (C=O) groups excluding carboxylic acids is 1. The van der Waals surface area contributed by atoms with Gasteiger partial charge in [0.15, 0.2) is 0 Å². The van der Waals surface area contributed by atoms with Crippen LogP contribution in [-0.4, -0.2) is 39.8 Å². The zero-order valence-corrected chi connectivity index (χ0v) is 14.6. The molecule has 0 spiro atoms. The lowest BCUT2D eigenvalue weighted by Crippen LogP contribution is -2.30. The van der Waals surface area contributed by atoms with Crippen LogP contribution in [0.2, 0.25) is 0 Å². The lowest BCUT2D eigenvalue weighted by molar-refractivity contribution is -0.394. The number of halogens is 1. The van der Waals surface area contributed by atoms with E-state index in [1.807, 2.05) is 0 Å². The van der Waals surface area contributed by atoms with Crippen LogP contribution in [0, 0.1) is 26.0 Å². The summed E-state index contributed by atoms with van der Waals surface area (Å²) in [4.78, 5) is 34.4. The van der Waals surface area contributed by atoms with E-state index < -0.39 is 27.1 Å². The van der Waals surface area contributed by atoms with Gasteiger partial charge in [0.05, 0.1) is 34.2 Å². The number of non-ortho nitro benzene ring substituents is 2. The van der Waals surface area contributed by atoms with Crippen LogP contribution in [0.5, 0.6) is 0 Å². The van der Waals surface area contributed by atoms with Crippen molar-refractivity contribution in [1.82, 2.24) is 4.90 Å². The van der Waals surface area contributed by atoms with Crippen LogP contribution in [0.15, 0.2) is 42.5 Å². The van der Waals surface area contributed by atoms with Crippen molar-refractivity contribution in [2.45, 2.75) is 19.1 Å². The fourth-order valence-electron chi connectivity index (χ4n) is 2.98. The van der Waals surface area contributed by atoms with Crippen molar-refractivity contribution in [2.75, 3.05) is 13.1 Å². The fraction of sp³-hybridized carbons (Fsp3) is 0.278. The Morgan fingerprint density at radius 3 is 2.39 bits per heavy atom. The number of benzene rings is 2. The number of hydrogen-bond acceptors (Lipinski definition) is 6. The molecule has 0 saturated carbocycles. The van der Waals surface area contributed by atoms with Crippen LogP contribution in [0.3, 0.4) is 0 Å². The summed E-state index contributed by atoms with van der Waals surface area (Å²) in [5.41, 5.74) is -0.773. The molecule has 146 valence electrons. The maximum absolute atomic E-state index is 13.6. The largest absolute Gasteiger partial charge is 0.372 e. The van der Waals surface area contributed by atoms with E-state index in [0.29, 0.717) is 18.5 Å². The highest BCUT2D eigenvalue weighted by atomic mass is 19.1. The third-order valence-corrected chi connectivity index (χ3v) is 4.44. The molecule has 0 aromatic heterocycles. The van der Waals surface area contributed by atoms with Crippen molar-refractivity contribution >= 4 is 17.3 Å². The van der Waals surface area contributed by atoms with Crippen LogP contribution in [-0.2, 0) is 11.3 Å². The van der Waals surface area contributed by atoms with Crippen LogP contribution in [0.25, 0.3) is 0 Å². The quantitative estimate of drug-likeness (QED) is 0.554. The number of nitro benzene ring substituents is 2. The third kappa shape index (κ3) is 4.29. The Balaban J connectivity index is 1.68. The molecule has 0 N–H and O–H groups in total. The van der Waals surface area contributed by atoms with Crippen LogP contribution in [0.1, 0.15) is 22.3 Å². The molecule has 1 amide bonds. The number of carbonyl (C=O) groups is 1. The van der Waals surface area contributed by atoms with Crippen LogP contribution >= 0.6 is 0 Å². The van der Waals surface area contributed by atoms with Crippen molar-refractivity contribution in [2.24, 2.45) is 0 Å². The summed E-state index contributed by atoms with van der Waals surface area (Å²) in [6.07, 6.45) is 0.189. The molecule has 28 heavy (non-hydrogen) atoms. The van der Waals surface area contributed by atoms with Crippen molar-refractivity contribution in [3.05, 3.63) is 79.6 Å². The first kappa shape index (κ1) is 19.4. The molecule has 1 heterocycles. The molecule has 0 unspecified atom stereocenters. The van der Waals surface area contributed by atoms with Gasteiger partial charge in [-0.2, -0.15) is 0 Å². The van der Waals surface area contributed by atoms with Gasteiger partial charge >= 0.3 is 0 Å². The zero-order chi connectivity index (χ0) is 20.3. The minimum Gasteiger partial charge on any atom is -0.372 e. The van der Waals surface area contributed by atoms with E-state index in [9.17, 15) is 29.4 Å². The molecule has 3 rings (SSSR count). The van der Waals surface area contributed by atoms with Gasteiger partial charge in [0.2, 0.25) is 0 Å². The molecule has 1 saturated heterocycles. The monoisotopic (exact) mass is 389 g/mol. The molecule has 2 aromatic carbocycles. The van der Waals surface area contributed by atoms with Gasteiger partial charge in [-0.25, -0.2) is 4.39 Å². The predicted molar refractivity (Wildman–Crippen MR) is 95.2 cm³/mol. The SMILES string of the molecule is O=C(c1cc([N+](=O)[O-])cc([N+](=O)[O-])c1)N1CC[C@@H](OCc2ccccc2F)C1. The Hall–Kier alpha value is -3.40. The molecule has 1 aliphatic heterocycles. The summed E-state index contributed by atoms with van der Waals surface area (Å²) in [7, 11) is 0. The Morgan fingerprint density at radius 1 is 1.14 bits per heavy atom. The highest BCUT2D eigenvalue weighted by Gasteiger charge is 2.30. The van der Waals surface area contributed by atoms with Crippen molar-refractivity contribution in [3.8, 4) is 0 Å². The summed E-state index contributed by atoms with van der Waals surface area (Å²) >= 11 is 0. The molecule has 0 bridgehead atoms. The minimum absolute atomic E-state index is 0.0572. The van der Waals surface area contributed by atoms with Gasteiger partial charge in [-0.05, 0) is 12.5 Å². The van der Waals surface area contributed by atoms with E-state index in [1.165, 1.54) is 11.0 Å². The first-order chi connectivity index (χ1) is 13.3. The fourth-order valence-corrected chi connectivity index (χ4v) is 2.98. The number of nitro groups is 2. The van der Waals surface area contributed by atoms with Gasteiger partial charge in [-0.3, -0.25) is 25.0 Å². The van der Waals surface area contributed by atoms with Gasteiger partial charge in [0.25, 0.3) is 17.3 Å². The van der Waals surface area contributed by atoms with E-state index in [2.05, 4.69) is 0 Å². The van der Waals surface area contributed by atoms with Crippen molar-refractivity contribution in [1.29, 1.82) is 0 Å². The number of likely N-dealkylation sites (tertiary alicyclic amines) is 1. The molecule has 0 radical (unpaired) electrons. The molecule has 2 aromatic rings. The smallest absolute Gasteiger partial charge is 0.277 e. The molecule has 0 aliphatic carbocycles. The lowest BCUT2D eigenvalue weighted by atomic mass is 10.1. The minimum atomic E-state index is -0.784. The molecule has 10 heteroatoms. The number of hydrogen-bond donors (Lipinski definition) is 0. The number of amides is 1. The van der Waals surface area contributed by atoms with Gasteiger partial charge in [0.1, 0.15) is 5.82 Å². The molecule has 9 nitrogen and oxygen atoms in total. The molecule has 1 atom stereocenters. The van der Waals surface area contributed by atoms with Gasteiger partial charge < -0.3 is 9.64 Å². The number of nitrogens with zero attached hydrogens (tertiary/aromatic N) is 3. The molecular formula is C18H16FN3O6. The van der Waals surface area contributed by atoms with E-state index in [0.717, 1.165) is 18.2 Å². The second-order valence-electron chi connectivity index (χ2n) is 6.32. The Labute approximate surface area is 158 Å². The van der Waals surface area contributed by atoms with E-state index in [1.54, 1.807) is 18.2 Å². The maximum Gasteiger partial charge on any atom is 0.277 e. The maximum atomic E-state index is 13.6. The third-order valence-electron chi connectivity index (χ3n) is 4.44. The highest BCUT2D eigenvalue weighted by molar-refractivity contribution is 5.95. The van der Waals surface area contributed by atoms with Gasteiger partial charge in [-0.15, -0.1) is 0 Å². The van der Waals surface area contributed by atoms with E-state index >= 15 is 0 Å². The predicted octanol–water partition coefficient (Wildman–Crippen LogP) is 3.07. The second kappa shape index (κ2) is 8.09. The molecule has 1 fully saturated rings. The summed E-state index contributed by atoms with van der Waals surface area (Å²) < 4.78 is 19.3. The number of ether oxygens (including phenoxy) is 1. The van der Waals surface area contributed by atoms with Crippen molar-refractivity contribution in [3.63, 3.8) is 0 Å². The summed E-state index contributed by atoms with van der Waals surface area (Å²) in [5.74, 6) is -0.930. The Bertz CT molecular complexity index is 903. The first-order valence-electron chi connectivity index (χ1n) is 8.43. The Morgan fingerprint density at radius 2 is 1.79 bits per heavy atom. The van der Waals surface area contributed by atoms with Gasteiger partial charge in [0, 0.05) is 30.8 Å². The summed E-state index contributed by atoms with van der Waals surface area (Å²) in [5, 5.41) is 22.0. The van der Waals surface area contributed by atoms with Crippen LogP contribution < -0.4 is 0 Å². The normalized spacial score (nSPS) is 16.2. The zero-order valence-electron chi connectivity index (χ0n) is 14.6. The van der Waals surface area contributed by atoms with E-state index in [-0.39, 0.29) is 30.6 Å². The molecular weight excluding hydrogens is 373 g/mol. The first-order valence-corrected chi connectivity index (χ1v) is 8.43. The van der Waals surface area contributed by atoms with E-state index in [4.69, 9.17) is 4.74 Å². The topological polar surface area (TPSA) is 116 Å². The average molecular weight is 389 g/mol. The highest BCUT2D eigenvalue weighted by Crippen LogP contribution is 2.25. The van der Waals surface area contributed by atoms with Gasteiger partial charge in [-0.1, -0.05) is 18.2 Å². The Kier molecular flexibility index (Phi) is 5.59. The lowest BCUT2D eigenvalue weighted by Gasteiger charge is -2.17. The number of rotatable bonds is 6.